The molecule has 0 saturated carbocycles. The Labute approximate surface area is 167 Å². The van der Waals surface area contributed by atoms with Crippen LogP contribution < -0.4 is 29.3 Å². The largest absolute Gasteiger partial charge is 0.493 e. The summed E-state index contributed by atoms with van der Waals surface area (Å²) in [6.45, 7) is 0. The average molecular weight is 399 g/mol. The fourth-order valence-electron chi connectivity index (χ4n) is 2.85. The standard InChI is InChI=1S/C21H21NO7/c1-24-15-10-13-14(11-16(15)25-2)22-19(29-21(13)23)7-6-12-8-17(26-3)20(28-5)18(9-12)27-4/h6-11H,1-5H3/b7-6+. The molecule has 1 aromatic heterocycles. The van der Waals surface area contributed by atoms with Crippen molar-refractivity contribution in [1.82, 2.24) is 4.98 Å². The Bertz CT molecular complexity index is 1090. The number of nitrogens with zero attached hydrogens (tertiary/aromatic N) is 1. The molecular weight excluding hydrogens is 378 g/mol. The van der Waals surface area contributed by atoms with Crippen LogP contribution in [0.5, 0.6) is 28.7 Å². The van der Waals surface area contributed by atoms with Crippen LogP contribution in [-0.2, 0) is 0 Å². The van der Waals surface area contributed by atoms with Gasteiger partial charge in [0.2, 0.25) is 11.6 Å². The van der Waals surface area contributed by atoms with Crippen LogP contribution in [-0.4, -0.2) is 40.5 Å². The van der Waals surface area contributed by atoms with E-state index in [0.29, 0.717) is 39.7 Å². The Kier molecular flexibility index (Phi) is 5.92. The van der Waals surface area contributed by atoms with Crippen molar-refractivity contribution in [3.05, 3.63) is 46.1 Å². The molecule has 2 aromatic carbocycles. The Morgan fingerprint density at radius 2 is 1.34 bits per heavy atom. The third-order valence-corrected chi connectivity index (χ3v) is 4.26. The second-order valence-electron chi connectivity index (χ2n) is 5.86. The summed E-state index contributed by atoms with van der Waals surface area (Å²) in [5.41, 5.74) is 0.653. The second kappa shape index (κ2) is 8.55. The minimum absolute atomic E-state index is 0.142. The van der Waals surface area contributed by atoms with Gasteiger partial charge in [0, 0.05) is 18.2 Å². The van der Waals surface area contributed by atoms with Crippen LogP contribution in [0.2, 0.25) is 0 Å². The molecule has 152 valence electrons. The molecule has 8 heteroatoms. The van der Waals surface area contributed by atoms with Crippen LogP contribution in [0.3, 0.4) is 0 Å². The summed E-state index contributed by atoms with van der Waals surface area (Å²) in [5, 5.41) is 0.299. The van der Waals surface area contributed by atoms with Crippen LogP contribution in [0, 0.1) is 0 Å². The average Bonchev–Trinajstić information content (AvgIpc) is 2.75. The first kappa shape index (κ1) is 20.1. The summed E-state index contributed by atoms with van der Waals surface area (Å²) in [6, 6.07) is 6.71. The lowest BCUT2D eigenvalue weighted by Gasteiger charge is -2.12. The van der Waals surface area contributed by atoms with Crippen LogP contribution in [0.25, 0.3) is 23.1 Å². The quantitative estimate of drug-likeness (QED) is 0.597. The molecule has 8 nitrogen and oxygen atoms in total. The summed E-state index contributed by atoms with van der Waals surface area (Å²) in [7, 11) is 7.62. The molecule has 0 fully saturated rings. The van der Waals surface area contributed by atoms with Gasteiger partial charge >= 0.3 is 5.63 Å². The zero-order valence-electron chi connectivity index (χ0n) is 16.8. The highest BCUT2D eigenvalue weighted by Crippen LogP contribution is 2.38. The Balaban J connectivity index is 2.04. The van der Waals surface area contributed by atoms with Gasteiger partial charge in [0.15, 0.2) is 23.0 Å². The van der Waals surface area contributed by atoms with E-state index in [1.807, 2.05) is 0 Å². The highest BCUT2D eigenvalue weighted by Gasteiger charge is 2.13. The molecule has 0 saturated heterocycles. The maximum absolute atomic E-state index is 12.4. The van der Waals surface area contributed by atoms with Gasteiger partial charge in [-0.1, -0.05) is 0 Å². The molecule has 0 aliphatic carbocycles. The number of hydrogen-bond acceptors (Lipinski definition) is 8. The number of hydrogen-bond donors (Lipinski definition) is 0. The molecule has 1 heterocycles. The predicted octanol–water partition coefficient (Wildman–Crippen LogP) is 3.40. The van der Waals surface area contributed by atoms with E-state index in [4.69, 9.17) is 28.1 Å². The van der Waals surface area contributed by atoms with Gasteiger partial charge in [-0.15, -0.1) is 0 Å². The van der Waals surface area contributed by atoms with E-state index < -0.39 is 5.63 Å². The fourth-order valence-corrected chi connectivity index (χ4v) is 2.85. The Morgan fingerprint density at radius 3 is 1.90 bits per heavy atom. The monoisotopic (exact) mass is 399 g/mol. The first-order chi connectivity index (χ1) is 14.0. The molecule has 0 atom stereocenters. The molecule has 0 radical (unpaired) electrons. The van der Waals surface area contributed by atoms with Crippen molar-refractivity contribution in [3.63, 3.8) is 0 Å². The topological polar surface area (TPSA) is 89.3 Å². The normalized spacial score (nSPS) is 10.9. The first-order valence-electron chi connectivity index (χ1n) is 8.59. The molecule has 0 aliphatic rings. The van der Waals surface area contributed by atoms with Gasteiger partial charge in [-0.2, -0.15) is 0 Å². The van der Waals surface area contributed by atoms with E-state index >= 15 is 0 Å². The molecule has 0 unspecified atom stereocenters. The van der Waals surface area contributed by atoms with Gasteiger partial charge in [0.1, 0.15) is 0 Å². The van der Waals surface area contributed by atoms with Gasteiger partial charge in [0.25, 0.3) is 0 Å². The maximum Gasteiger partial charge on any atom is 0.347 e. The zero-order chi connectivity index (χ0) is 21.0. The second-order valence-corrected chi connectivity index (χ2v) is 5.86. The van der Waals surface area contributed by atoms with E-state index in [0.717, 1.165) is 5.56 Å². The molecule has 0 bridgehead atoms. The molecular formula is C21H21NO7. The summed E-state index contributed by atoms with van der Waals surface area (Å²) in [5.74, 6) is 2.55. The van der Waals surface area contributed by atoms with E-state index in [1.165, 1.54) is 35.5 Å². The highest BCUT2D eigenvalue weighted by atomic mass is 16.5. The zero-order valence-corrected chi connectivity index (χ0v) is 16.8. The van der Waals surface area contributed by atoms with Crippen molar-refractivity contribution in [2.45, 2.75) is 0 Å². The lowest BCUT2D eigenvalue weighted by Crippen LogP contribution is -2.04. The van der Waals surface area contributed by atoms with Crippen LogP contribution in [0.15, 0.2) is 33.5 Å². The van der Waals surface area contributed by atoms with Crippen LogP contribution >= 0.6 is 0 Å². The molecule has 0 amide bonds. The Morgan fingerprint density at radius 1 is 0.759 bits per heavy atom. The molecule has 3 aromatic rings. The van der Waals surface area contributed by atoms with E-state index in [2.05, 4.69) is 4.98 Å². The van der Waals surface area contributed by atoms with Gasteiger partial charge in [-0.05, 0) is 23.8 Å². The van der Waals surface area contributed by atoms with Gasteiger partial charge in [-0.3, -0.25) is 0 Å². The predicted molar refractivity (Wildman–Crippen MR) is 108 cm³/mol. The lowest BCUT2D eigenvalue weighted by atomic mass is 10.1. The van der Waals surface area contributed by atoms with Crippen molar-refractivity contribution >= 4 is 23.1 Å². The summed E-state index contributed by atoms with van der Waals surface area (Å²) in [4.78, 5) is 16.7. The maximum atomic E-state index is 12.4. The van der Waals surface area contributed by atoms with Crippen LogP contribution in [0.4, 0.5) is 0 Å². The van der Waals surface area contributed by atoms with Crippen molar-refractivity contribution < 1.29 is 28.1 Å². The molecule has 0 aliphatic heterocycles. The Hall–Kier alpha value is -3.68. The van der Waals surface area contributed by atoms with Crippen molar-refractivity contribution in [2.24, 2.45) is 0 Å². The summed E-state index contributed by atoms with van der Waals surface area (Å²) < 4.78 is 31.8. The highest BCUT2D eigenvalue weighted by molar-refractivity contribution is 5.82. The molecule has 29 heavy (non-hydrogen) atoms. The summed E-state index contributed by atoms with van der Waals surface area (Å²) in [6.07, 6.45) is 3.31. The number of benzene rings is 2. The number of fused-ring (bicyclic) bond motifs is 1. The van der Waals surface area contributed by atoms with Crippen molar-refractivity contribution in [1.29, 1.82) is 0 Å². The SMILES string of the molecule is COc1cc2nc(/C=C/c3cc(OC)c(OC)c(OC)c3)oc(=O)c2cc1OC. The third kappa shape index (κ3) is 3.96. The van der Waals surface area contributed by atoms with Crippen molar-refractivity contribution in [3.8, 4) is 28.7 Å². The minimum Gasteiger partial charge on any atom is -0.493 e. The lowest BCUT2D eigenvalue weighted by molar-refractivity contribution is 0.324. The molecule has 0 spiro atoms. The van der Waals surface area contributed by atoms with E-state index in [-0.39, 0.29) is 5.89 Å². The smallest absolute Gasteiger partial charge is 0.347 e. The fraction of sp³-hybridized carbons (Fsp3) is 0.238. The van der Waals surface area contributed by atoms with E-state index in [9.17, 15) is 4.79 Å². The molecule has 3 rings (SSSR count). The molecule has 0 N–H and O–H groups in total. The van der Waals surface area contributed by atoms with Crippen molar-refractivity contribution in [2.75, 3.05) is 35.5 Å². The minimum atomic E-state index is -0.527. The van der Waals surface area contributed by atoms with E-state index in [1.54, 1.807) is 36.4 Å². The third-order valence-electron chi connectivity index (χ3n) is 4.26. The number of rotatable bonds is 7. The van der Waals surface area contributed by atoms with Gasteiger partial charge in [0.05, 0.1) is 46.5 Å². The first-order valence-corrected chi connectivity index (χ1v) is 8.59. The number of ether oxygens (including phenoxy) is 5. The van der Waals surface area contributed by atoms with Gasteiger partial charge in [-0.25, -0.2) is 9.78 Å². The van der Waals surface area contributed by atoms with Gasteiger partial charge < -0.3 is 28.1 Å². The summed E-state index contributed by atoms with van der Waals surface area (Å²) >= 11 is 0. The van der Waals surface area contributed by atoms with Crippen LogP contribution in [0.1, 0.15) is 11.5 Å². The number of aromatic nitrogens is 1. The number of methoxy groups -OCH3 is 5.